The summed E-state index contributed by atoms with van der Waals surface area (Å²) >= 11 is 0. The van der Waals surface area contributed by atoms with Crippen LogP contribution in [0, 0.1) is 0 Å². The van der Waals surface area contributed by atoms with Crippen molar-refractivity contribution in [2.24, 2.45) is 0 Å². The number of ether oxygens (including phenoxy) is 1. The third-order valence-corrected chi connectivity index (χ3v) is 2.82. The van der Waals surface area contributed by atoms with Gasteiger partial charge in [-0.1, -0.05) is 5.16 Å². The number of nitrogens with zero attached hydrogens (tertiary/aromatic N) is 3. The number of hydrogen-bond donors (Lipinski definition) is 1. The lowest BCUT2D eigenvalue weighted by molar-refractivity contribution is -0.154. The van der Waals surface area contributed by atoms with Crippen LogP contribution in [0.25, 0.3) is 11.5 Å². The van der Waals surface area contributed by atoms with Gasteiger partial charge in [-0.15, -0.1) is 0 Å². The van der Waals surface area contributed by atoms with E-state index in [1.165, 1.54) is 18.3 Å². The van der Waals surface area contributed by atoms with Gasteiger partial charge in [0, 0.05) is 24.7 Å². The lowest BCUT2D eigenvalue weighted by Crippen LogP contribution is -2.24. The molecule has 0 aliphatic rings. The first-order chi connectivity index (χ1) is 10.4. The number of likely N-dealkylation sites (N-methyl/N-ethyl adjacent to an activating group) is 1. The molecule has 22 heavy (non-hydrogen) atoms. The minimum absolute atomic E-state index is 0.121. The van der Waals surface area contributed by atoms with Crippen molar-refractivity contribution >= 4 is 0 Å². The fraction of sp³-hybridized carbons (Fsp3) is 0.462. The van der Waals surface area contributed by atoms with Crippen LogP contribution in [0.5, 0.6) is 5.88 Å². The van der Waals surface area contributed by atoms with E-state index in [-0.39, 0.29) is 17.8 Å². The first kappa shape index (κ1) is 16.2. The van der Waals surface area contributed by atoms with E-state index in [0.717, 1.165) is 0 Å². The minimum atomic E-state index is -4.40. The molecule has 2 aromatic rings. The summed E-state index contributed by atoms with van der Waals surface area (Å²) in [7, 11) is 1.83. The normalized spacial score (nSPS) is 13.1. The molecule has 0 fully saturated rings. The highest BCUT2D eigenvalue weighted by molar-refractivity contribution is 5.51. The number of halogens is 3. The van der Waals surface area contributed by atoms with Crippen LogP contribution in [-0.2, 0) is 6.42 Å². The molecule has 1 atom stereocenters. The quantitative estimate of drug-likeness (QED) is 0.881. The zero-order valence-corrected chi connectivity index (χ0v) is 12.0. The minimum Gasteiger partial charge on any atom is -0.468 e. The van der Waals surface area contributed by atoms with Crippen LogP contribution in [0.3, 0.4) is 0 Å². The molecule has 0 radical (unpaired) electrons. The average molecular weight is 316 g/mol. The Bertz CT molecular complexity index is 598. The number of hydrogen-bond acceptors (Lipinski definition) is 6. The summed E-state index contributed by atoms with van der Waals surface area (Å²) in [5.41, 5.74) is 0.509. The van der Waals surface area contributed by atoms with E-state index >= 15 is 0 Å². The van der Waals surface area contributed by atoms with Crippen molar-refractivity contribution in [2.75, 3.05) is 13.7 Å². The smallest absolute Gasteiger partial charge is 0.422 e. The van der Waals surface area contributed by atoms with Gasteiger partial charge in [-0.25, -0.2) is 4.98 Å². The fourth-order valence-electron chi connectivity index (χ4n) is 1.58. The van der Waals surface area contributed by atoms with Gasteiger partial charge in [0.1, 0.15) is 0 Å². The van der Waals surface area contributed by atoms with Crippen LogP contribution in [0.15, 0.2) is 22.9 Å². The molecule has 1 unspecified atom stereocenters. The molecule has 9 heteroatoms. The molecule has 1 N–H and O–H groups in total. The largest absolute Gasteiger partial charge is 0.468 e. The molecule has 6 nitrogen and oxygen atoms in total. The van der Waals surface area contributed by atoms with Crippen LogP contribution in [0.4, 0.5) is 13.2 Å². The van der Waals surface area contributed by atoms with Crippen LogP contribution in [0.2, 0.25) is 0 Å². The number of aromatic nitrogens is 3. The Morgan fingerprint density at radius 3 is 2.73 bits per heavy atom. The topological polar surface area (TPSA) is 73.1 Å². The lowest BCUT2D eigenvalue weighted by atomic mass is 10.2. The molecule has 0 bridgehead atoms. The van der Waals surface area contributed by atoms with Crippen molar-refractivity contribution in [3.05, 3.63) is 24.2 Å². The number of alkyl halides is 3. The second kappa shape index (κ2) is 6.73. The molecule has 0 aromatic carbocycles. The predicted molar refractivity (Wildman–Crippen MR) is 71.3 cm³/mol. The zero-order chi connectivity index (χ0) is 16.2. The van der Waals surface area contributed by atoms with Crippen molar-refractivity contribution in [3.8, 4) is 17.3 Å². The average Bonchev–Trinajstić information content (AvgIpc) is 2.93. The van der Waals surface area contributed by atoms with E-state index in [0.29, 0.717) is 17.8 Å². The molecule has 0 spiro atoms. The van der Waals surface area contributed by atoms with Crippen LogP contribution < -0.4 is 10.1 Å². The third-order valence-electron chi connectivity index (χ3n) is 2.82. The fourth-order valence-corrected chi connectivity index (χ4v) is 1.58. The van der Waals surface area contributed by atoms with Gasteiger partial charge in [0.25, 0.3) is 5.89 Å². The van der Waals surface area contributed by atoms with E-state index < -0.39 is 12.8 Å². The number of nitrogens with one attached hydrogen (secondary N) is 1. The highest BCUT2D eigenvalue weighted by Crippen LogP contribution is 2.21. The Kier molecular flexibility index (Phi) is 4.96. The Labute approximate surface area is 124 Å². The van der Waals surface area contributed by atoms with E-state index in [1.807, 2.05) is 14.0 Å². The van der Waals surface area contributed by atoms with Gasteiger partial charge < -0.3 is 14.6 Å². The maximum Gasteiger partial charge on any atom is 0.422 e. The predicted octanol–water partition coefficient (Wildman–Crippen LogP) is 2.22. The Morgan fingerprint density at radius 1 is 1.36 bits per heavy atom. The zero-order valence-electron chi connectivity index (χ0n) is 12.0. The molecule has 0 amide bonds. The summed E-state index contributed by atoms with van der Waals surface area (Å²) in [6.45, 7) is 0.594. The molecule has 0 saturated carbocycles. The van der Waals surface area contributed by atoms with Gasteiger partial charge in [0.05, 0.1) is 5.56 Å². The monoisotopic (exact) mass is 316 g/mol. The Hall–Kier alpha value is -2.16. The van der Waals surface area contributed by atoms with E-state index in [4.69, 9.17) is 4.52 Å². The van der Waals surface area contributed by atoms with E-state index in [2.05, 4.69) is 25.2 Å². The highest BCUT2D eigenvalue weighted by atomic mass is 19.4. The van der Waals surface area contributed by atoms with Crippen LogP contribution in [0.1, 0.15) is 12.7 Å². The van der Waals surface area contributed by atoms with E-state index in [9.17, 15) is 13.2 Å². The molecular formula is C13H15F3N4O2. The van der Waals surface area contributed by atoms with Crippen molar-refractivity contribution in [2.45, 2.75) is 25.6 Å². The molecule has 2 heterocycles. The van der Waals surface area contributed by atoms with Crippen molar-refractivity contribution in [1.29, 1.82) is 0 Å². The second-order valence-electron chi connectivity index (χ2n) is 4.70. The van der Waals surface area contributed by atoms with E-state index in [1.54, 1.807) is 0 Å². The van der Waals surface area contributed by atoms with Crippen LogP contribution in [-0.4, -0.2) is 41.0 Å². The van der Waals surface area contributed by atoms with Gasteiger partial charge in [0.2, 0.25) is 5.88 Å². The molecule has 0 aliphatic heterocycles. The molecular weight excluding hydrogens is 301 g/mol. The number of pyridine rings is 1. The molecule has 120 valence electrons. The third kappa shape index (κ3) is 4.69. The molecule has 0 aliphatic carbocycles. The summed E-state index contributed by atoms with van der Waals surface area (Å²) in [6.07, 6.45) is -2.48. The Morgan fingerprint density at radius 2 is 2.14 bits per heavy atom. The summed E-state index contributed by atoms with van der Waals surface area (Å²) in [5.74, 6) is 0.673. The molecule has 2 aromatic heterocycles. The van der Waals surface area contributed by atoms with Gasteiger partial charge in [0.15, 0.2) is 12.4 Å². The van der Waals surface area contributed by atoms with Gasteiger partial charge in [-0.3, -0.25) is 0 Å². The van der Waals surface area contributed by atoms with Gasteiger partial charge in [-0.05, 0) is 20.0 Å². The highest BCUT2D eigenvalue weighted by Gasteiger charge is 2.28. The maximum atomic E-state index is 12.0. The SMILES string of the molecule is CNC(C)Cc1noc(-c2ccc(OCC(F)(F)F)nc2)n1. The first-order valence-corrected chi connectivity index (χ1v) is 6.53. The summed E-state index contributed by atoms with van der Waals surface area (Å²) in [4.78, 5) is 7.99. The van der Waals surface area contributed by atoms with Gasteiger partial charge in [-0.2, -0.15) is 18.2 Å². The number of rotatable bonds is 6. The van der Waals surface area contributed by atoms with Crippen molar-refractivity contribution in [3.63, 3.8) is 0 Å². The summed E-state index contributed by atoms with van der Waals surface area (Å²) in [5, 5.41) is 6.89. The Balaban J connectivity index is 2.01. The van der Waals surface area contributed by atoms with Crippen molar-refractivity contribution < 1.29 is 22.4 Å². The first-order valence-electron chi connectivity index (χ1n) is 6.53. The standard InChI is InChI=1S/C13H15F3N4O2/c1-8(17-2)5-10-19-12(22-20-10)9-3-4-11(18-6-9)21-7-13(14,15)16/h3-4,6,8,17H,5,7H2,1-2H3. The summed E-state index contributed by atoms with van der Waals surface area (Å²) in [6, 6.07) is 3.03. The summed E-state index contributed by atoms with van der Waals surface area (Å²) < 4.78 is 45.7. The van der Waals surface area contributed by atoms with Crippen LogP contribution >= 0.6 is 0 Å². The lowest BCUT2D eigenvalue weighted by Gasteiger charge is -2.07. The second-order valence-corrected chi connectivity index (χ2v) is 4.70. The van der Waals surface area contributed by atoms with Crippen molar-refractivity contribution in [1.82, 2.24) is 20.4 Å². The molecule has 2 rings (SSSR count). The molecule has 0 saturated heterocycles. The van der Waals surface area contributed by atoms with Gasteiger partial charge >= 0.3 is 6.18 Å². The maximum absolute atomic E-state index is 12.0.